The molecule has 1 N–H and O–H groups in total. The van der Waals surface area contributed by atoms with Crippen molar-refractivity contribution in [3.8, 4) is 0 Å². The second-order valence-corrected chi connectivity index (χ2v) is 7.61. The van der Waals surface area contributed by atoms with Crippen LogP contribution in [0.1, 0.15) is 32.6 Å². The predicted molar refractivity (Wildman–Crippen MR) is 118 cm³/mol. The van der Waals surface area contributed by atoms with Gasteiger partial charge in [-0.2, -0.15) is 0 Å². The van der Waals surface area contributed by atoms with Gasteiger partial charge in [0, 0.05) is 35.6 Å². The van der Waals surface area contributed by atoms with Crippen LogP contribution in [-0.2, 0) is 13.1 Å². The molecule has 0 unspecified atom stereocenters. The van der Waals surface area contributed by atoms with E-state index in [-0.39, 0.29) is 18.0 Å². The first-order valence-corrected chi connectivity index (χ1v) is 9.87. The lowest BCUT2D eigenvalue weighted by Gasteiger charge is -2.23. The SMILES string of the molecule is Cc1cccc(C(=O)N(Cc2cccnc2)Cc2cc3ccc(C)cc3[nH]c2=O)c1. The number of hydrogen-bond acceptors (Lipinski definition) is 3. The molecule has 5 nitrogen and oxygen atoms in total. The Kier molecular flexibility index (Phi) is 5.44. The summed E-state index contributed by atoms with van der Waals surface area (Å²) in [5.41, 5.74) is 4.78. The minimum absolute atomic E-state index is 0.119. The standard InChI is InChI=1S/C25H23N3O2/c1-17-5-3-7-21(11-17)25(30)28(15-19-6-4-10-26-14-19)16-22-13-20-9-8-18(2)12-23(20)27-24(22)29/h3-14H,15-16H2,1-2H3,(H,27,29). The Balaban J connectivity index is 1.71. The van der Waals surface area contributed by atoms with Gasteiger partial charge in [-0.25, -0.2) is 0 Å². The lowest BCUT2D eigenvalue weighted by atomic mass is 10.1. The number of pyridine rings is 2. The van der Waals surface area contributed by atoms with Crippen LogP contribution in [0.15, 0.2) is 77.9 Å². The van der Waals surface area contributed by atoms with Gasteiger partial charge in [-0.3, -0.25) is 14.6 Å². The quantitative estimate of drug-likeness (QED) is 0.543. The second-order valence-electron chi connectivity index (χ2n) is 7.61. The molecule has 0 fully saturated rings. The van der Waals surface area contributed by atoms with Gasteiger partial charge >= 0.3 is 0 Å². The molecule has 0 bridgehead atoms. The van der Waals surface area contributed by atoms with E-state index in [1.54, 1.807) is 23.4 Å². The van der Waals surface area contributed by atoms with Gasteiger partial charge in [-0.05, 0) is 60.7 Å². The summed E-state index contributed by atoms with van der Waals surface area (Å²) >= 11 is 0. The van der Waals surface area contributed by atoms with Crippen molar-refractivity contribution < 1.29 is 4.79 Å². The lowest BCUT2D eigenvalue weighted by Crippen LogP contribution is -2.32. The molecule has 0 saturated heterocycles. The normalized spacial score (nSPS) is 10.9. The molecular formula is C25H23N3O2. The number of H-pyrrole nitrogens is 1. The summed E-state index contributed by atoms with van der Waals surface area (Å²) in [7, 11) is 0. The number of aromatic nitrogens is 2. The molecule has 2 heterocycles. The molecule has 0 spiro atoms. The van der Waals surface area contributed by atoms with Crippen molar-refractivity contribution in [1.82, 2.24) is 14.9 Å². The fourth-order valence-corrected chi connectivity index (χ4v) is 3.56. The average Bonchev–Trinajstić information content (AvgIpc) is 2.74. The van der Waals surface area contributed by atoms with Crippen LogP contribution in [0.25, 0.3) is 10.9 Å². The summed E-state index contributed by atoms with van der Waals surface area (Å²) < 4.78 is 0. The van der Waals surface area contributed by atoms with Gasteiger partial charge in [0.1, 0.15) is 0 Å². The minimum Gasteiger partial charge on any atom is -0.330 e. The number of carbonyl (C=O) groups excluding carboxylic acids is 1. The summed E-state index contributed by atoms with van der Waals surface area (Å²) in [5.74, 6) is -0.119. The van der Waals surface area contributed by atoms with Crippen LogP contribution >= 0.6 is 0 Å². The van der Waals surface area contributed by atoms with E-state index in [0.29, 0.717) is 17.7 Å². The number of benzene rings is 2. The lowest BCUT2D eigenvalue weighted by molar-refractivity contribution is 0.0729. The fourth-order valence-electron chi connectivity index (χ4n) is 3.56. The summed E-state index contributed by atoms with van der Waals surface area (Å²) in [6.45, 7) is 4.52. The van der Waals surface area contributed by atoms with E-state index in [4.69, 9.17) is 0 Å². The highest BCUT2D eigenvalue weighted by Crippen LogP contribution is 2.17. The Labute approximate surface area is 175 Å². The molecule has 5 heteroatoms. The van der Waals surface area contributed by atoms with Crippen molar-refractivity contribution in [2.45, 2.75) is 26.9 Å². The first-order chi connectivity index (χ1) is 14.5. The van der Waals surface area contributed by atoms with Crippen LogP contribution in [0.2, 0.25) is 0 Å². The Bertz CT molecular complexity index is 1260. The van der Waals surface area contributed by atoms with Crippen LogP contribution in [0.4, 0.5) is 0 Å². The molecule has 0 aliphatic heterocycles. The van der Waals surface area contributed by atoms with E-state index in [1.165, 1.54) is 0 Å². The van der Waals surface area contributed by atoms with Crippen molar-refractivity contribution in [3.63, 3.8) is 0 Å². The Morgan fingerprint density at radius 2 is 1.80 bits per heavy atom. The van der Waals surface area contributed by atoms with E-state index in [2.05, 4.69) is 9.97 Å². The zero-order valence-corrected chi connectivity index (χ0v) is 17.1. The molecule has 2 aromatic heterocycles. The third-order valence-electron chi connectivity index (χ3n) is 5.09. The van der Waals surface area contributed by atoms with E-state index < -0.39 is 0 Å². The third kappa shape index (κ3) is 4.30. The maximum absolute atomic E-state index is 13.3. The van der Waals surface area contributed by atoms with Crippen molar-refractivity contribution in [1.29, 1.82) is 0 Å². The summed E-state index contributed by atoms with van der Waals surface area (Å²) in [5, 5.41) is 0.944. The van der Waals surface area contributed by atoms with Crippen LogP contribution in [-0.4, -0.2) is 20.8 Å². The van der Waals surface area contributed by atoms with Gasteiger partial charge in [0.05, 0.1) is 6.54 Å². The number of aromatic amines is 1. The molecule has 0 atom stereocenters. The molecular weight excluding hydrogens is 374 g/mol. The van der Waals surface area contributed by atoms with Crippen molar-refractivity contribution in [2.75, 3.05) is 0 Å². The summed E-state index contributed by atoms with van der Waals surface area (Å²) in [6.07, 6.45) is 3.44. The molecule has 0 aliphatic carbocycles. The van der Waals surface area contributed by atoms with Crippen LogP contribution < -0.4 is 5.56 Å². The van der Waals surface area contributed by atoms with Gasteiger partial charge in [0.2, 0.25) is 0 Å². The van der Waals surface area contributed by atoms with Crippen LogP contribution in [0, 0.1) is 13.8 Å². The third-order valence-corrected chi connectivity index (χ3v) is 5.09. The Morgan fingerprint density at radius 3 is 2.57 bits per heavy atom. The predicted octanol–water partition coefficient (Wildman–Crippen LogP) is 4.38. The first-order valence-electron chi connectivity index (χ1n) is 9.87. The zero-order chi connectivity index (χ0) is 21.1. The number of amides is 1. The zero-order valence-electron chi connectivity index (χ0n) is 17.1. The molecule has 4 rings (SSSR count). The molecule has 0 saturated carbocycles. The maximum Gasteiger partial charge on any atom is 0.254 e. The summed E-state index contributed by atoms with van der Waals surface area (Å²) in [6, 6.07) is 19.1. The van der Waals surface area contributed by atoms with E-state index >= 15 is 0 Å². The largest absolute Gasteiger partial charge is 0.330 e. The van der Waals surface area contributed by atoms with Gasteiger partial charge in [-0.15, -0.1) is 0 Å². The van der Waals surface area contributed by atoms with Gasteiger partial charge in [-0.1, -0.05) is 35.9 Å². The first kappa shape index (κ1) is 19.6. The minimum atomic E-state index is -0.179. The highest BCUT2D eigenvalue weighted by atomic mass is 16.2. The number of rotatable bonds is 5. The number of fused-ring (bicyclic) bond motifs is 1. The number of nitrogens with zero attached hydrogens (tertiary/aromatic N) is 2. The summed E-state index contributed by atoms with van der Waals surface area (Å²) in [4.78, 5) is 34.9. The molecule has 30 heavy (non-hydrogen) atoms. The Morgan fingerprint density at radius 1 is 0.967 bits per heavy atom. The molecule has 1 amide bonds. The molecule has 4 aromatic rings. The second kappa shape index (κ2) is 8.33. The number of hydrogen-bond donors (Lipinski definition) is 1. The molecule has 150 valence electrons. The van der Waals surface area contributed by atoms with Gasteiger partial charge in [0.25, 0.3) is 11.5 Å². The number of aryl methyl sites for hydroxylation is 2. The Hall–Kier alpha value is -3.73. The number of nitrogens with one attached hydrogen (secondary N) is 1. The van der Waals surface area contributed by atoms with Crippen molar-refractivity contribution >= 4 is 16.8 Å². The molecule has 2 aromatic carbocycles. The van der Waals surface area contributed by atoms with Crippen molar-refractivity contribution in [3.05, 3.63) is 111 Å². The average molecular weight is 397 g/mol. The monoisotopic (exact) mass is 397 g/mol. The topological polar surface area (TPSA) is 66.1 Å². The fraction of sp³-hybridized carbons (Fsp3) is 0.160. The smallest absolute Gasteiger partial charge is 0.254 e. The molecule has 0 aliphatic rings. The van der Waals surface area contributed by atoms with E-state index in [0.717, 1.165) is 27.6 Å². The van der Waals surface area contributed by atoms with Gasteiger partial charge < -0.3 is 9.88 Å². The van der Waals surface area contributed by atoms with Gasteiger partial charge in [0.15, 0.2) is 0 Å². The number of carbonyl (C=O) groups is 1. The maximum atomic E-state index is 13.3. The highest BCUT2D eigenvalue weighted by Gasteiger charge is 2.19. The van der Waals surface area contributed by atoms with E-state index in [1.807, 2.05) is 68.4 Å². The van der Waals surface area contributed by atoms with Crippen LogP contribution in [0.3, 0.4) is 0 Å². The molecule has 0 radical (unpaired) electrons. The highest BCUT2D eigenvalue weighted by molar-refractivity contribution is 5.94. The van der Waals surface area contributed by atoms with E-state index in [9.17, 15) is 9.59 Å². The van der Waals surface area contributed by atoms with Crippen LogP contribution in [0.5, 0.6) is 0 Å². The van der Waals surface area contributed by atoms with Crippen molar-refractivity contribution in [2.24, 2.45) is 0 Å².